The average molecular weight is 1120 g/mol. The molecular formula is C40H64N6O31. The smallest absolute Gasteiger partial charge is 0.321 e. The molecule has 15 atom stereocenters. The molecule has 1 fully saturated rings. The Hall–Kier alpha value is -6.42. The topological polar surface area (TPSA) is 637 Å². The van der Waals surface area contributed by atoms with Gasteiger partial charge in [-0.05, 0) is 23.9 Å². The molecule has 1 saturated heterocycles. The number of nitrogens with zero attached hydrogens (tertiary/aromatic N) is 6. The highest BCUT2D eigenvalue weighted by Gasteiger charge is 2.48. The Balaban J connectivity index is 2.94. The van der Waals surface area contributed by atoms with Gasteiger partial charge in [0.1, 0.15) is 48.8 Å². The maximum Gasteiger partial charge on any atom is 0.321 e. The van der Waals surface area contributed by atoms with Crippen LogP contribution in [-0.2, 0) is 37.9 Å². The summed E-state index contributed by atoms with van der Waals surface area (Å²) >= 11 is 0. The van der Waals surface area contributed by atoms with Gasteiger partial charge in [0, 0.05) is 75.0 Å². The number of hydrogen-bond donors (Lipinski definition) is 23. The monoisotopic (exact) mass is 1120 g/mol. The van der Waals surface area contributed by atoms with E-state index in [0.29, 0.717) is 0 Å². The van der Waals surface area contributed by atoms with E-state index in [1.807, 2.05) is 0 Å². The van der Waals surface area contributed by atoms with Gasteiger partial charge >= 0.3 is 11.9 Å². The molecule has 0 aliphatic carbocycles. The quantitative estimate of drug-likeness (QED) is 0.0490. The molecule has 0 aromatic rings. The molecule has 3 rings (SSSR count). The number of azide groups is 2. The maximum atomic E-state index is 11.1. The third-order valence-corrected chi connectivity index (χ3v) is 10.7. The first-order valence-electron chi connectivity index (χ1n) is 22.5. The standard InChI is InChI=1S/C40H64N6O31/c41-45-43-7-1-14-22(53)31(62)39(69)77-33-20(13-51)76-40(32(63)27(33)58)75-17(4-10-48)24(55)30(61)37(67)72-16(3-9-47)23(54)29(60)36(66)71-15(2-8-44-46-42)21(52)28(59)38(68)74-19(6-12-50)26(57)35(65)73-18(5-11-49)25(56)34(64)70-14/h14-20,27,32-33,36-40,47-69H,1-13H2/b28-21+,29-23-,30-24-,31-22?,34-25+,35-26-. The molecule has 15 unspecified atom stereocenters. The van der Waals surface area contributed by atoms with Crippen LogP contribution in [0.4, 0.5) is 0 Å². The van der Waals surface area contributed by atoms with Gasteiger partial charge in [-0.25, -0.2) is 0 Å². The van der Waals surface area contributed by atoms with Gasteiger partial charge in [-0.15, -0.1) is 0 Å². The van der Waals surface area contributed by atoms with E-state index in [0.717, 1.165) is 0 Å². The molecule has 37 nitrogen and oxygen atoms in total. The minimum Gasteiger partial charge on any atom is -0.506 e. The van der Waals surface area contributed by atoms with E-state index in [9.17, 15) is 117 Å². The van der Waals surface area contributed by atoms with Crippen LogP contribution in [0.25, 0.3) is 20.9 Å². The second-order valence-corrected chi connectivity index (χ2v) is 15.9. The Kier molecular flexibility index (Phi) is 28.6. The van der Waals surface area contributed by atoms with Crippen molar-refractivity contribution in [1.29, 1.82) is 0 Å². The first kappa shape index (κ1) is 66.7. The summed E-state index contributed by atoms with van der Waals surface area (Å²) in [6.45, 7) is -6.35. The molecule has 3 heterocycles. The third-order valence-electron chi connectivity index (χ3n) is 10.7. The van der Waals surface area contributed by atoms with E-state index in [1.165, 1.54) is 0 Å². The number of fused-ring (bicyclic) bond motifs is 24. The lowest BCUT2D eigenvalue weighted by atomic mass is 9.98. The lowest BCUT2D eigenvalue weighted by Crippen LogP contribution is -2.61. The number of hydrogen-bond acceptors (Lipinski definition) is 33. The molecular weight excluding hydrogens is 1060 g/mol. The summed E-state index contributed by atoms with van der Waals surface area (Å²) < 4.78 is 41.5. The summed E-state index contributed by atoms with van der Waals surface area (Å²) in [6, 6.07) is 0. The summed E-state index contributed by atoms with van der Waals surface area (Å²) in [5, 5.41) is 251. The Labute approximate surface area is 432 Å². The number of aliphatic hydroxyl groups excluding tert-OH is 23. The number of aliphatic hydroxyl groups is 23. The minimum atomic E-state index is -2.85. The van der Waals surface area contributed by atoms with E-state index in [-0.39, 0.29) is 0 Å². The zero-order valence-electron chi connectivity index (χ0n) is 40.1. The van der Waals surface area contributed by atoms with Crippen molar-refractivity contribution in [3.05, 3.63) is 90.4 Å². The molecule has 3 aliphatic heterocycles. The third kappa shape index (κ3) is 18.9. The predicted octanol–water partition coefficient (Wildman–Crippen LogP) is -1.78. The maximum absolute atomic E-state index is 11.1. The van der Waals surface area contributed by atoms with Gasteiger partial charge in [0.25, 0.3) is 0 Å². The van der Waals surface area contributed by atoms with Gasteiger partial charge in [-0.1, -0.05) is 10.2 Å². The lowest BCUT2D eigenvalue weighted by Gasteiger charge is -2.43. The number of rotatable bonds is 15. The second-order valence-electron chi connectivity index (χ2n) is 15.9. The van der Waals surface area contributed by atoms with Gasteiger partial charge in [-0.3, -0.25) is 0 Å². The molecule has 0 saturated carbocycles. The summed E-state index contributed by atoms with van der Waals surface area (Å²) in [5.41, 5.74) is 17.6. The van der Waals surface area contributed by atoms with Crippen molar-refractivity contribution in [3.8, 4) is 0 Å². The van der Waals surface area contributed by atoms with Crippen molar-refractivity contribution in [2.45, 2.75) is 131 Å². The molecule has 2 bridgehead atoms. The fraction of sp³-hybridized carbons (Fsp3) is 0.700. The van der Waals surface area contributed by atoms with Crippen LogP contribution in [-0.4, -0.2) is 256 Å². The van der Waals surface area contributed by atoms with Gasteiger partial charge in [0.15, 0.2) is 64.6 Å². The highest BCUT2D eigenvalue weighted by molar-refractivity contribution is 5.14. The molecule has 0 amide bonds. The first-order chi connectivity index (χ1) is 36.4. The van der Waals surface area contributed by atoms with E-state index < -0.39 is 247 Å². The lowest BCUT2D eigenvalue weighted by molar-refractivity contribution is -0.329. The van der Waals surface area contributed by atoms with E-state index in [4.69, 9.17) is 49.0 Å². The normalized spacial score (nSPS) is 36.7. The Morgan fingerprint density at radius 1 is 0.364 bits per heavy atom. The van der Waals surface area contributed by atoms with Crippen molar-refractivity contribution in [2.75, 3.05) is 46.1 Å². The molecule has 0 spiro atoms. The Morgan fingerprint density at radius 2 is 0.675 bits per heavy atom. The Bertz CT molecular complexity index is 2160. The van der Waals surface area contributed by atoms with Crippen molar-refractivity contribution in [2.24, 2.45) is 10.2 Å². The fourth-order valence-corrected chi connectivity index (χ4v) is 6.69. The largest absolute Gasteiger partial charge is 0.506 e. The SMILES string of the molecule is [N-]=[N+]=NCCC1O/C(O)=C(/O)C(CCO)O/C(O)=C(\O)C(CCO)OC(O)/C(O)=C(\O)C(CCN=[N+]=[N-])OC(O)/C(O)=C(/O)C(CCO)OC(O)/C(O)=C(/O)C(CCO)OC2OC(CO)C(OC(O)C(O)=C1O)C(O)C2O. The zero-order valence-corrected chi connectivity index (χ0v) is 40.1. The molecule has 0 aromatic carbocycles. The predicted molar refractivity (Wildman–Crippen MR) is 244 cm³/mol. The molecule has 0 aromatic heterocycles. The molecule has 3 aliphatic rings. The van der Waals surface area contributed by atoms with Crippen molar-refractivity contribution < 1.29 is 155 Å². The summed E-state index contributed by atoms with van der Waals surface area (Å²) in [7, 11) is 0. The van der Waals surface area contributed by atoms with Crippen LogP contribution in [0.15, 0.2) is 79.7 Å². The molecule has 23 N–H and O–H groups in total. The van der Waals surface area contributed by atoms with Gasteiger partial charge < -0.3 is 155 Å². The first-order valence-corrected chi connectivity index (χ1v) is 22.5. The van der Waals surface area contributed by atoms with Gasteiger partial charge in [-0.2, -0.15) is 0 Å². The minimum absolute atomic E-state index is 0.654. The summed E-state index contributed by atoms with van der Waals surface area (Å²) in [5.74, 6) is -19.0. The van der Waals surface area contributed by atoms with Crippen LogP contribution >= 0.6 is 0 Å². The van der Waals surface area contributed by atoms with Crippen LogP contribution in [0, 0.1) is 0 Å². The Morgan fingerprint density at radius 3 is 1.06 bits per heavy atom. The van der Waals surface area contributed by atoms with Crippen LogP contribution in [0.5, 0.6) is 0 Å². The zero-order chi connectivity index (χ0) is 58.3. The number of ether oxygens (including phenoxy) is 8. The molecule has 0 radical (unpaired) electrons. The van der Waals surface area contributed by atoms with Gasteiger partial charge in [0.05, 0.1) is 6.61 Å². The second kappa shape index (κ2) is 33.0. The average Bonchev–Trinajstić information content (AvgIpc) is 3.41. The van der Waals surface area contributed by atoms with Crippen molar-refractivity contribution >= 4 is 0 Å². The van der Waals surface area contributed by atoms with Crippen LogP contribution in [0.2, 0.25) is 0 Å². The van der Waals surface area contributed by atoms with E-state index in [1.54, 1.807) is 0 Å². The molecule has 37 heteroatoms. The van der Waals surface area contributed by atoms with Crippen molar-refractivity contribution in [3.63, 3.8) is 0 Å². The molecule has 77 heavy (non-hydrogen) atoms. The fourth-order valence-electron chi connectivity index (χ4n) is 6.69. The van der Waals surface area contributed by atoms with Crippen LogP contribution in [0.1, 0.15) is 38.5 Å². The molecule has 440 valence electrons. The summed E-state index contributed by atoms with van der Waals surface area (Å²) in [6.07, 6.45) is -40.2. The summed E-state index contributed by atoms with van der Waals surface area (Å²) in [4.78, 5) is 4.94. The van der Waals surface area contributed by atoms with Crippen molar-refractivity contribution in [1.82, 2.24) is 0 Å². The highest BCUT2D eigenvalue weighted by Crippen LogP contribution is 2.31. The van der Waals surface area contributed by atoms with Crippen LogP contribution < -0.4 is 0 Å². The van der Waals surface area contributed by atoms with Crippen LogP contribution in [0.3, 0.4) is 0 Å². The van der Waals surface area contributed by atoms with Gasteiger partial charge in [0.2, 0.25) is 36.7 Å². The highest BCUT2D eigenvalue weighted by atomic mass is 16.7. The van der Waals surface area contributed by atoms with E-state index in [2.05, 4.69) is 20.1 Å². The van der Waals surface area contributed by atoms with E-state index >= 15 is 0 Å².